The summed E-state index contributed by atoms with van der Waals surface area (Å²) in [5.74, 6) is 0. The van der Waals surface area contributed by atoms with E-state index in [1.165, 1.54) is 0 Å². The Morgan fingerprint density at radius 2 is 1.93 bits per heavy atom. The predicted molar refractivity (Wildman–Crippen MR) is 62.6 cm³/mol. The van der Waals surface area contributed by atoms with Crippen LogP contribution in [0.15, 0.2) is 0 Å². The standard InChI is InChI=1S/C8H18BrNO4S/c1-13-6-7-14-5-3-2-4-10-15(11,12)8-9/h10H,2-8H2,1H3. The molecule has 0 aromatic rings. The van der Waals surface area contributed by atoms with E-state index in [4.69, 9.17) is 9.47 Å². The number of ether oxygens (including phenoxy) is 2. The van der Waals surface area contributed by atoms with Crippen molar-refractivity contribution in [1.82, 2.24) is 4.72 Å². The lowest BCUT2D eigenvalue weighted by atomic mass is 10.3. The van der Waals surface area contributed by atoms with Crippen molar-refractivity contribution in [3.63, 3.8) is 0 Å². The van der Waals surface area contributed by atoms with E-state index in [2.05, 4.69) is 20.7 Å². The van der Waals surface area contributed by atoms with Crippen LogP contribution in [0, 0.1) is 0 Å². The fourth-order valence-corrected chi connectivity index (χ4v) is 1.86. The molecular weight excluding hydrogens is 286 g/mol. The largest absolute Gasteiger partial charge is 0.382 e. The second-order valence-electron chi connectivity index (χ2n) is 2.93. The molecule has 0 aliphatic heterocycles. The Balaban J connectivity index is 3.19. The normalized spacial score (nSPS) is 11.9. The maximum Gasteiger partial charge on any atom is 0.221 e. The molecule has 0 aliphatic carbocycles. The van der Waals surface area contributed by atoms with Gasteiger partial charge in [-0.25, -0.2) is 13.1 Å². The molecule has 0 radical (unpaired) electrons. The van der Waals surface area contributed by atoms with Gasteiger partial charge in [0.05, 0.1) is 13.2 Å². The number of unbranched alkanes of at least 4 members (excludes halogenated alkanes) is 1. The first-order chi connectivity index (χ1) is 7.12. The maximum atomic E-state index is 11.0. The molecule has 0 bridgehead atoms. The van der Waals surface area contributed by atoms with Crippen LogP contribution in [-0.4, -0.2) is 46.6 Å². The molecule has 0 spiro atoms. The minimum Gasteiger partial charge on any atom is -0.382 e. The molecule has 0 saturated heterocycles. The highest BCUT2D eigenvalue weighted by molar-refractivity contribution is 9.10. The van der Waals surface area contributed by atoms with Gasteiger partial charge >= 0.3 is 0 Å². The molecule has 0 heterocycles. The molecular formula is C8H18BrNO4S. The van der Waals surface area contributed by atoms with Gasteiger partial charge in [0.15, 0.2) is 0 Å². The van der Waals surface area contributed by atoms with Crippen molar-refractivity contribution in [3.05, 3.63) is 0 Å². The fourth-order valence-electron chi connectivity index (χ4n) is 0.840. The van der Waals surface area contributed by atoms with Crippen LogP contribution in [0.1, 0.15) is 12.8 Å². The summed E-state index contributed by atoms with van der Waals surface area (Å²) in [6.07, 6.45) is 1.62. The van der Waals surface area contributed by atoms with Crippen molar-refractivity contribution in [2.45, 2.75) is 12.8 Å². The van der Waals surface area contributed by atoms with Gasteiger partial charge in [-0.05, 0) is 12.8 Å². The molecule has 5 nitrogen and oxygen atoms in total. The lowest BCUT2D eigenvalue weighted by Crippen LogP contribution is -2.25. The highest BCUT2D eigenvalue weighted by Crippen LogP contribution is 1.93. The number of hydrogen-bond donors (Lipinski definition) is 1. The smallest absolute Gasteiger partial charge is 0.221 e. The van der Waals surface area contributed by atoms with Crippen LogP contribution in [0.3, 0.4) is 0 Å². The quantitative estimate of drug-likeness (QED) is 0.477. The molecule has 92 valence electrons. The Bertz CT molecular complexity index is 233. The first-order valence-corrected chi connectivity index (χ1v) is 7.49. The van der Waals surface area contributed by atoms with E-state index < -0.39 is 10.0 Å². The summed E-state index contributed by atoms with van der Waals surface area (Å²) < 4.78 is 34.4. The number of sulfonamides is 1. The number of methoxy groups -OCH3 is 1. The molecule has 0 unspecified atom stereocenters. The molecule has 0 aromatic heterocycles. The first kappa shape index (κ1) is 15.3. The Morgan fingerprint density at radius 3 is 2.53 bits per heavy atom. The lowest BCUT2D eigenvalue weighted by molar-refractivity contribution is 0.0689. The first-order valence-electron chi connectivity index (χ1n) is 4.72. The van der Waals surface area contributed by atoms with E-state index in [0.29, 0.717) is 26.4 Å². The lowest BCUT2D eigenvalue weighted by Gasteiger charge is -2.04. The van der Waals surface area contributed by atoms with Crippen LogP contribution in [0.25, 0.3) is 0 Å². The summed E-state index contributed by atoms with van der Waals surface area (Å²) in [5, 5.41) is 0. The zero-order valence-electron chi connectivity index (χ0n) is 8.87. The molecule has 0 saturated carbocycles. The van der Waals surface area contributed by atoms with Gasteiger partial charge in [0.2, 0.25) is 10.0 Å². The van der Waals surface area contributed by atoms with Gasteiger partial charge in [0, 0.05) is 20.3 Å². The van der Waals surface area contributed by atoms with Crippen LogP contribution in [0.5, 0.6) is 0 Å². The van der Waals surface area contributed by atoms with Crippen molar-refractivity contribution in [1.29, 1.82) is 0 Å². The van der Waals surface area contributed by atoms with Crippen molar-refractivity contribution in [2.24, 2.45) is 0 Å². The third kappa shape index (κ3) is 10.6. The molecule has 0 atom stereocenters. The molecule has 0 aromatic carbocycles. The van der Waals surface area contributed by atoms with E-state index in [9.17, 15) is 8.42 Å². The molecule has 0 amide bonds. The summed E-state index contributed by atoms with van der Waals surface area (Å²) in [5.41, 5.74) is 0. The number of rotatable bonds is 10. The second-order valence-corrected chi connectivity index (χ2v) is 6.04. The van der Waals surface area contributed by atoms with Gasteiger partial charge in [-0.3, -0.25) is 0 Å². The Kier molecular flexibility index (Phi) is 9.73. The molecule has 0 fully saturated rings. The third-order valence-corrected chi connectivity index (χ3v) is 4.35. The minimum atomic E-state index is -3.12. The van der Waals surface area contributed by atoms with Gasteiger partial charge in [-0.15, -0.1) is 0 Å². The Morgan fingerprint density at radius 1 is 1.20 bits per heavy atom. The van der Waals surface area contributed by atoms with Gasteiger partial charge < -0.3 is 9.47 Å². The van der Waals surface area contributed by atoms with E-state index in [1.54, 1.807) is 7.11 Å². The van der Waals surface area contributed by atoms with Crippen molar-refractivity contribution >= 4 is 26.0 Å². The fraction of sp³-hybridized carbons (Fsp3) is 1.00. The zero-order chi connectivity index (χ0) is 11.6. The average molecular weight is 304 g/mol. The Hall–Kier alpha value is 0.310. The zero-order valence-corrected chi connectivity index (χ0v) is 11.3. The molecule has 1 N–H and O–H groups in total. The average Bonchev–Trinajstić information content (AvgIpc) is 2.22. The van der Waals surface area contributed by atoms with E-state index >= 15 is 0 Å². The highest BCUT2D eigenvalue weighted by Gasteiger charge is 2.04. The van der Waals surface area contributed by atoms with E-state index in [-0.39, 0.29) is 4.66 Å². The summed E-state index contributed by atoms with van der Waals surface area (Å²) in [7, 11) is -1.49. The van der Waals surface area contributed by atoms with E-state index in [0.717, 1.165) is 12.8 Å². The van der Waals surface area contributed by atoms with Crippen LogP contribution in [-0.2, 0) is 19.5 Å². The molecule has 15 heavy (non-hydrogen) atoms. The molecule has 7 heteroatoms. The molecule has 0 aliphatic rings. The second kappa shape index (κ2) is 9.53. The SMILES string of the molecule is COCCOCCCCNS(=O)(=O)CBr. The number of nitrogens with one attached hydrogen (secondary N) is 1. The van der Waals surface area contributed by atoms with Crippen LogP contribution < -0.4 is 4.72 Å². The van der Waals surface area contributed by atoms with Crippen LogP contribution in [0.2, 0.25) is 0 Å². The van der Waals surface area contributed by atoms with E-state index in [1.807, 2.05) is 0 Å². The van der Waals surface area contributed by atoms with Gasteiger partial charge in [0.1, 0.15) is 4.66 Å². The van der Waals surface area contributed by atoms with Crippen LogP contribution >= 0.6 is 15.9 Å². The van der Waals surface area contributed by atoms with Gasteiger partial charge in [-0.1, -0.05) is 15.9 Å². The number of hydrogen-bond acceptors (Lipinski definition) is 4. The maximum absolute atomic E-state index is 11.0. The van der Waals surface area contributed by atoms with Crippen molar-refractivity contribution < 1.29 is 17.9 Å². The van der Waals surface area contributed by atoms with Gasteiger partial charge in [-0.2, -0.15) is 0 Å². The highest BCUT2D eigenvalue weighted by atomic mass is 79.9. The van der Waals surface area contributed by atoms with Gasteiger partial charge in [0.25, 0.3) is 0 Å². The topological polar surface area (TPSA) is 64.6 Å². The summed E-state index contributed by atoms with van der Waals surface area (Å²) in [4.78, 5) is 0. The monoisotopic (exact) mass is 303 g/mol. The predicted octanol–water partition coefficient (Wildman–Crippen LogP) is 0.701. The number of alkyl halides is 1. The minimum absolute atomic E-state index is 0.0513. The van der Waals surface area contributed by atoms with Crippen LogP contribution in [0.4, 0.5) is 0 Å². The summed E-state index contributed by atoms with van der Waals surface area (Å²) in [6, 6.07) is 0. The third-order valence-electron chi connectivity index (χ3n) is 1.61. The Labute approximate surface area is 99.7 Å². The summed E-state index contributed by atoms with van der Waals surface area (Å²) >= 11 is 2.89. The van der Waals surface area contributed by atoms with Crippen molar-refractivity contribution in [3.8, 4) is 0 Å². The number of halogens is 1. The summed E-state index contributed by atoms with van der Waals surface area (Å²) in [6.45, 7) is 2.28. The molecule has 0 rings (SSSR count). The van der Waals surface area contributed by atoms with Crippen molar-refractivity contribution in [2.75, 3.05) is 38.1 Å².